The van der Waals surface area contributed by atoms with E-state index in [-0.39, 0.29) is 36.3 Å². The van der Waals surface area contributed by atoms with E-state index >= 15 is 0 Å². The maximum atomic E-state index is 12.0. The molecule has 1 rings (SSSR count). The van der Waals surface area contributed by atoms with Gasteiger partial charge in [-0.15, -0.1) is 19.0 Å². The van der Waals surface area contributed by atoms with Crippen LogP contribution in [0.2, 0.25) is 0 Å². The van der Waals surface area contributed by atoms with Crippen LogP contribution >= 0.6 is 12.4 Å². The molecule has 0 aromatic heterocycles. The Labute approximate surface area is 123 Å². The molecule has 5 heteroatoms. The molecule has 3 N–H and O–H groups in total. The van der Waals surface area contributed by atoms with Crippen molar-refractivity contribution in [2.45, 2.75) is 45.2 Å². The smallest absolute Gasteiger partial charge is 0.237 e. The maximum absolute atomic E-state index is 12.0. The molecule has 2 atom stereocenters. The van der Waals surface area contributed by atoms with Gasteiger partial charge in [-0.3, -0.25) is 9.69 Å². The Balaban J connectivity index is 0.00000324. The number of likely N-dealkylation sites (tertiary alicyclic amines) is 1. The van der Waals surface area contributed by atoms with E-state index in [0.717, 1.165) is 38.9 Å². The first-order valence-electron chi connectivity index (χ1n) is 6.97. The van der Waals surface area contributed by atoms with Gasteiger partial charge in [-0.2, -0.15) is 0 Å². The molecular weight excluding hydrogens is 262 g/mol. The fourth-order valence-corrected chi connectivity index (χ4v) is 2.25. The maximum Gasteiger partial charge on any atom is 0.237 e. The number of nitrogens with two attached hydrogens (primary N) is 1. The summed E-state index contributed by atoms with van der Waals surface area (Å²) in [6.45, 7) is 10.8. The number of amides is 1. The topological polar surface area (TPSA) is 58.4 Å². The molecule has 1 heterocycles. The summed E-state index contributed by atoms with van der Waals surface area (Å²) in [7, 11) is 0. The third kappa shape index (κ3) is 5.93. The molecule has 1 aliphatic rings. The van der Waals surface area contributed by atoms with Gasteiger partial charge < -0.3 is 11.1 Å². The lowest BCUT2D eigenvalue weighted by Gasteiger charge is -2.32. The predicted molar refractivity (Wildman–Crippen MR) is 82.5 cm³/mol. The highest BCUT2D eigenvalue weighted by atomic mass is 35.5. The van der Waals surface area contributed by atoms with E-state index in [2.05, 4.69) is 23.7 Å². The molecule has 19 heavy (non-hydrogen) atoms. The van der Waals surface area contributed by atoms with Crippen molar-refractivity contribution in [3.05, 3.63) is 12.7 Å². The van der Waals surface area contributed by atoms with Crippen molar-refractivity contribution in [3.8, 4) is 0 Å². The first-order chi connectivity index (χ1) is 8.58. The molecular formula is C14H28ClN3O. The van der Waals surface area contributed by atoms with E-state index in [1.807, 2.05) is 13.0 Å². The van der Waals surface area contributed by atoms with Gasteiger partial charge in [0.05, 0.1) is 6.04 Å². The Hall–Kier alpha value is -0.580. The summed E-state index contributed by atoms with van der Waals surface area (Å²) in [5, 5.41) is 3.08. The molecule has 2 unspecified atom stereocenters. The minimum absolute atomic E-state index is 0. The molecule has 0 aliphatic carbocycles. The Morgan fingerprint density at radius 2 is 2.11 bits per heavy atom. The van der Waals surface area contributed by atoms with Crippen LogP contribution in [0.1, 0.15) is 33.1 Å². The number of nitrogens with one attached hydrogen (secondary N) is 1. The number of hydrogen-bond donors (Lipinski definition) is 2. The van der Waals surface area contributed by atoms with Crippen LogP contribution in [0.3, 0.4) is 0 Å². The molecule has 112 valence electrons. The van der Waals surface area contributed by atoms with Gasteiger partial charge in [0.25, 0.3) is 0 Å². The van der Waals surface area contributed by atoms with Crippen LogP contribution in [-0.4, -0.2) is 42.5 Å². The van der Waals surface area contributed by atoms with Crippen LogP contribution in [0, 0.1) is 5.92 Å². The minimum atomic E-state index is -0.374. The van der Waals surface area contributed by atoms with Crippen molar-refractivity contribution in [3.63, 3.8) is 0 Å². The molecule has 1 aliphatic heterocycles. The second kappa shape index (κ2) is 9.34. The van der Waals surface area contributed by atoms with Crippen molar-refractivity contribution >= 4 is 18.3 Å². The number of nitrogens with zero attached hydrogens (tertiary/aromatic N) is 1. The zero-order valence-corrected chi connectivity index (χ0v) is 12.9. The fraction of sp³-hybridized carbons (Fsp3) is 0.786. The van der Waals surface area contributed by atoms with Gasteiger partial charge >= 0.3 is 0 Å². The lowest BCUT2D eigenvalue weighted by atomic mass is 9.98. The lowest BCUT2D eigenvalue weighted by molar-refractivity contribution is -0.124. The van der Waals surface area contributed by atoms with E-state index in [1.54, 1.807) is 0 Å². The van der Waals surface area contributed by atoms with Gasteiger partial charge in [-0.1, -0.05) is 26.3 Å². The zero-order valence-electron chi connectivity index (χ0n) is 12.1. The van der Waals surface area contributed by atoms with Crippen LogP contribution in [-0.2, 0) is 4.79 Å². The summed E-state index contributed by atoms with van der Waals surface area (Å²) in [5.41, 5.74) is 5.93. The predicted octanol–water partition coefficient (Wildman–Crippen LogP) is 1.55. The van der Waals surface area contributed by atoms with Crippen LogP contribution in [0.25, 0.3) is 0 Å². The van der Waals surface area contributed by atoms with Crippen LogP contribution in [0.5, 0.6) is 0 Å². The summed E-state index contributed by atoms with van der Waals surface area (Å²) in [6.07, 6.45) is 4.88. The van der Waals surface area contributed by atoms with Crippen molar-refractivity contribution in [1.82, 2.24) is 10.2 Å². The van der Waals surface area contributed by atoms with E-state index < -0.39 is 0 Å². The second-order valence-corrected chi connectivity index (χ2v) is 5.28. The lowest BCUT2D eigenvalue weighted by Crippen LogP contribution is -2.51. The Morgan fingerprint density at radius 3 is 2.58 bits per heavy atom. The number of piperidine rings is 1. The summed E-state index contributed by atoms with van der Waals surface area (Å²) < 4.78 is 0. The first-order valence-corrected chi connectivity index (χ1v) is 6.97. The molecule has 0 spiro atoms. The summed E-state index contributed by atoms with van der Waals surface area (Å²) in [5.74, 6) is 0.248. The molecule has 4 nitrogen and oxygen atoms in total. The zero-order chi connectivity index (χ0) is 13.5. The van der Waals surface area contributed by atoms with Crippen molar-refractivity contribution < 1.29 is 4.79 Å². The van der Waals surface area contributed by atoms with Gasteiger partial charge in [-0.05, 0) is 18.8 Å². The first kappa shape index (κ1) is 18.4. The molecule has 0 aromatic carbocycles. The molecule has 0 radical (unpaired) electrons. The van der Waals surface area contributed by atoms with Gasteiger partial charge in [0.2, 0.25) is 5.91 Å². The standard InChI is InChI=1S/C14H27N3O.ClH/c1-4-8-17-9-6-12(7-10-17)16-14(18)13(15)11(3)5-2;/h4,11-13H,1,5-10,15H2,2-3H3,(H,16,18);1H. The van der Waals surface area contributed by atoms with Gasteiger partial charge in [0.1, 0.15) is 0 Å². The number of carbonyl (C=O) groups excluding carboxylic acids is 1. The van der Waals surface area contributed by atoms with E-state index in [1.165, 1.54) is 0 Å². The third-order valence-corrected chi connectivity index (χ3v) is 3.88. The Bertz CT molecular complexity index is 278. The highest BCUT2D eigenvalue weighted by Crippen LogP contribution is 2.11. The van der Waals surface area contributed by atoms with E-state index in [9.17, 15) is 4.79 Å². The van der Waals surface area contributed by atoms with Gasteiger partial charge in [0, 0.05) is 25.7 Å². The number of carbonyl (C=O) groups is 1. The van der Waals surface area contributed by atoms with Crippen LogP contribution in [0.4, 0.5) is 0 Å². The van der Waals surface area contributed by atoms with Crippen molar-refractivity contribution in [1.29, 1.82) is 0 Å². The normalized spacial score (nSPS) is 20.2. The average Bonchev–Trinajstić information content (AvgIpc) is 2.39. The van der Waals surface area contributed by atoms with E-state index in [4.69, 9.17) is 5.73 Å². The Morgan fingerprint density at radius 1 is 1.53 bits per heavy atom. The summed E-state index contributed by atoms with van der Waals surface area (Å²) in [6, 6.07) is -0.0881. The van der Waals surface area contributed by atoms with Crippen molar-refractivity contribution in [2.75, 3.05) is 19.6 Å². The number of rotatable bonds is 6. The summed E-state index contributed by atoms with van der Waals surface area (Å²) >= 11 is 0. The minimum Gasteiger partial charge on any atom is -0.352 e. The number of hydrogen-bond acceptors (Lipinski definition) is 3. The van der Waals surface area contributed by atoms with Gasteiger partial charge in [0.15, 0.2) is 0 Å². The van der Waals surface area contributed by atoms with E-state index in [0.29, 0.717) is 0 Å². The molecule has 0 saturated carbocycles. The Kier molecular flexibility index (Phi) is 9.06. The second-order valence-electron chi connectivity index (χ2n) is 5.28. The third-order valence-electron chi connectivity index (χ3n) is 3.88. The molecule has 1 saturated heterocycles. The SMILES string of the molecule is C=CCN1CCC(NC(=O)C(N)C(C)CC)CC1.Cl. The molecule has 1 fully saturated rings. The molecule has 0 aromatic rings. The van der Waals surface area contributed by atoms with Crippen LogP contribution in [0.15, 0.2) is 12.7 Å². The quantitative estimate of drug-likeness (QED) is 0.730. The highest BCUT2D eigenvalue weighted by molar-refractivity contribution is 5.85. The molecule has 0 bridgehead atoms. The van der Waals surface area contributed by atoms with Crippen molar-refractivity contribution in [2.24, 2.45) is 11.7 Å². The number of halogens is 1. The molecule has 1 amide bonds. The van der Waals surface area contributed by atoms with Crippen LogP contribution < -0.4 is 11.1 Å². The monoisotopic (exact) mass is 289 g/mol. The highest BCUT2D eigenvalue weighted by Gasteiger charge is 2.24. The fourth-order valence-electron chi connectivity index (χ4n) is 2.25. The average molecular weight is 290 g/mol. The summed E-state index contributed by atoms with van der Waals surface area (Å²) in [4.78, 5) is 14.3. The van der Waals surface area contributed by atoms with Gasteiger partial charge in [-0.25, -0.2) is 0 Å². The largest absolute Gasteiger partial charge is 0.352 e.